The molecule has 0 saturated heterocycles. The first-order valence-corrected chi connectivity index (χ1v) is 7.66. The summed E-state index contributed by atoms with van der Waals surface area (Å²) in [4.78, 5) is 12.7. The number of carbonyl (C=O) groups excluding carboxylic acids is 1. The van der Waals surface area contributed by atoms with Crippen LogP contribution in [0.5, 0.6) is 5.75 Å². The van der Waals surface area contributed by atoms with E-state index in [4.69, 9.17) is 9.84 Å². The minimum absolute atomic E-state index is 0.0397. The minimum atomic E-state index is -0.139. The van der Waals surface area contributed by atoms with Crippen molar-refractivity contribution >= 4 is 5.78 Å². The molecule has 0 saturated carbocycles. The summed E-state index contributed by atoms with van der Waals surface area (Å²) in [6.45, 7) is 4.01. The topological polar surface area (TPSA) is 46.5 Å². The molecule has 2 rings (SSSR count). The molecule has 3 heteroatoms. The molecule has 0 aliphatic carbocycles. The number of aliphatic hydroxyl groups excluding tert-OH is 1. The molecule has 0 heterocycles. The smallest absolute Gasteiger partial charge is 0.196 e. The molecule has 3 nitrogen and oxygen atoms in total. The molecule has 2 aromatic rings. The van der Waals surface area contributed by atoms with Crippen molar-refractivity contribution in [3.05, 3.63) is 65.2 Å². The van der Waals surface area contributed by atoms with Gasteiger partial charge in [-0.05, 0) is 31.0 Å². The van der Waals surface area contributed by atoms with Crippen LogP contribution >= 0.6 is 0 Å². The highest BCUT2D eigenvalue weighted by Gasteiger charge is 2.17. The Morgan fingerprint density at radius 2 is 1.91 bits per heavy atom. The Balaban J connectivity index is 2.36. The second kappa shape index (κ2) is 7.76. The molecular formula is C19H22O3. The van der Waals surface area contributed by atoms with Crippen LogP contribution in [0.25, 0.3) is 0 Å². The molecule has 116 valence electrons. The van der Waals surface area contributed by atoms with E-state index in [2.05, 4.69) is 6.92 Å². The summed E-state index contributed by atoms with van der Waals surface area (Å²) in [5, 5.41) is 9.01. The summed E-state index contributed by atoms with van der Waals surface area (Å²) in [6, 6.07) is 14.9. The van der Waals surface area contributed by atoms with Crippen LogP contribution in [0.4, 0.5) is 0 Å². The molecule has 22 heavy (non-hydrogen) atoms. The average molecular weight is 298 g/mol. The summed E-state index contributed by atoms with van der Waals surface area (Å²) in [6.07, 6.45) is 1.26. The fraction of sp³-hybridized carbons (Fsp3) is 0.316. The van der Waals surface area contributed by atoms with E-state index in [1.165, 1.54) is 0 Å². The standard InChI is InChI=1S/C19H22O3/c1-3-15-9-10-18(22-14(2)11-12-20)17(13-15)19(21)16-7-5-4-6-8-16/h4-10,13-14,20H,3,11-12H2,1-2H3/t14-/m1/s1. The van der Waals surface area contributed by atoms with Gasteiger partial charge in [-0.3, -0.25) is 4.79 Å². The van der Waals surface area contributed by atoms with Crippen LogP contribution in [-0.4, -0.2) is 23.6 Å². The summed E-state index contributed by atoms with van der Waals surface area (Å²) in [7, 11) is 0. The van der Waals surface area contributed by atoms with Gasteiger partial charge in [0.15, 0.2) is 5.78 Å². The summed E-state index contributed by atoms with van der Waals surface area (Å²) >= 11 is 0. The van der Waals surface area contributed by atoms with Gasteiger partial charge in [0.1, 0.15) is 5.75 Å². The molecule has 2 aromatic carbocycles. The van der Waals surface area contributed by atoms with E-state index in [-0.39, 0.29) is 18.5 Å². The monoisotopic (exact) mass is 298 g/mol. The van der Waals surface area contributed by atoms with E-state index in [9.17, 15) is 4.79 Å². The Kier molecular flexibility index (Phi) is 5.73. The lowest BCUT2D eigenvalue weighted by atomic mass is 9.99. The molecule has 0 amide bonds. The molecule has 1 atom stereocenters. The number of hydrogen-bond acceptors (Lipinski definition) is 3. The van der Waals surface area contributed by atoms with E-state index >= 15 is 0 Å². The molecule has 0 bridgehead atoms. The molecule has 0 aliphatic heterocycles. The van der Waals surface area contributed by atoms with Crippen molar-refractivity contribution in [1.29, 1.82) is 0 Å². The first kappa shape index (κ1) is 16.2. The van der Waals surface area contributed by atoms with Gasteiger partial charge in [0, 0.05) is 18.6 Å². The van der Waals surface area contributed by atoms with Gasteiger partial charge in [-0.1, -0.05) is 43.3 Å². The summed E-state index contributed by atoms with van der Waals surface area (Å²) < 4.78 is 5.85. The molecular weight excluding hydrogens is 276 g/mol. The Morgan fingerprint density at radius 3 is 2.55 bits per heavy atom. The highest BCUT2D eigenvalue weighted by molar-refractivity contribution is 6.10. The summed E-state index contributed by atoms with van der Waals surface area (Å²) in [5.41, 5.74) is 2.33. The fourth-order valence-corrected chi connectivity index (χ4v) is 2.28. The number of ether oxygens (including phenoxy) is 1. The van der Waals surface area contributed by atoms with E-state index in [1.54, 1.807) is 0 Å². The Morgan fingerprint density at radius 1 is 1.18 bits per heavy atom. The SMILES string of the molecule is CCc1ccc(O[C@H](C)CCO)c(C(=O)c2ccccc2)c1. The molecule has 0 unspecified atom stereocenters. The van der Waals surface area contributed by atoms with Gasteiger partial charge in [-0.25, -0.2) is 0 Å². The van der Waals surface area contributed by atoms with Crippen molar-refractivity contribution in [2.24, 2.45) is 0 Å². The van der Waals surface area contributed by atoms with E-state index in [1.807, 2.05) is 55.5 Å². The summed E-state index contributed by atoms with van der Waals surface area (Å²) in [5.74, 6) is 0.536. The lowest BCUT2D eigenvalue weighted by Crippen LogP contribution is -2.16. The van der Waals surface area contributed by atoms with E-state index in [0.29, 0.717) is 23.3 Å². The maximum Gasteiger partial charge on any atom is 0.196 e. The van der Waals surface area contributed by atoms with Crippen LogP contribution in [0, 0.1) is 0 Å². The third-order valence-electron chi connectivity index (χ3n) is 3.60. The molecule has 0 radical (unpaired) electrons. The normalized spacial score (nSPS) is 12.0. The quantitative estimate of drug-likeness (QED) is 0.794. The lowest BCUT2D eigenvalue weighted by molar-refractivity contribution is 0.103. The Labute approximate surface area is 131 Å². The van der Waals surface area contributed by atoms with Crippen molar-refractivity contribution in [2.45, 2.75) is 32.8 Å². The van der Waals surface area contributed by atoms with Gasteiger partial charge in [0.25, 0.3) is 0 Å². The zero-order chi connectivity index (χ0) is 15.9. The third kappa shape index (κ3) is 3.95. The van der Waals surface area contributed by atoms with Crippen molar-refractivity contribution in [1.82, 2.24) is 0 Å². The predicted octanol–water partition coefficient (Wildman–Crippen LogP) is 3.63. The van der Waals surface area contributed by atoms with Crippen molar-refractivity contribution < 1.29 is 14.6 Å². The van der Waals surface area contributed by atoms with Crippen LogP contribution in [0.2, 0.25) is 0 Å². The highest BCUT2D eigenvalue weighted by Crippen LogP contribution is 2.25. The number of aryl methyl sites for hydroxylation is 1. The van der Waals surface area contributed by atoms with Crippen LogP contribution in [0.1, 0.15) is 41.8 Å². The molecule has 0 aliphatic rings. The van der Waals surface area contributed by atoms with Gasteiger partial charge in [0.05, 0.1) is 11.7 Å². The van der Waals surface area contributed by atoms with Gasteiger partial charge in [-0.15, -0.1) is 0 Å². The minimum Gasteiger partial charge on any atom is -0.490 e. The Bertz CT molecular complexity index is 620. The Hall–Kier alpha value is -2.13. The zero-order valence-electron chi connectivity index (χ0n) is 13.1. The van der Waals surface area contributed by atoms with Crippen LogP contribution in [0.3, 0.4) is 0 Å². The molecule has 0 spiro atoms. The third-order valence-corrected chi connectivity index (χ3v) is 3.60. The van der Waals surface area contributed by atoms with Crippen LogP contribution in [0.15, 0.2) is 48.5 Å². The molecule has 0 fully saturated rings. The maximum absolute atomic E-state index is 12.7. The van der Waals surface area contributed by atoms with Gasteiger partial charge < -0.3 is 9.84 Å². The first-order chi connectivity index (χ1) is 10.7. The number of ketones is 1. The number of hydrogen-bond donors (Lipinski definition) is 1. The average Bonchev–Trinajstić information content (AvgIpc) is 2.55. The largest absolute Gasteiger partial charge is 0.490 e. The number of benzene rings is 2. The van der Waals surface area contributed by atoms with Crippen LogP contribution < -0.4 is 4.74 Å². The second-order valence-electron chi connectivity index (χ2n) is 5.32. The zero-order valence-corrected chi connectivity index (χ0v) is 13.1. The lowest BCUT2D eigenvalue weighted by Gasteiger charge is -2.17. The number of aliphatic hydroxyl groups is 1. The van der Waals surface area contributed by atoms with Gasteiger partial charge >= 0.3 is 0 Å². The van der Waals surface area contributed by atoms with Crippen molar-refractivity contribution in [2.75, 3.05) is 6.61 Å². The number of carbonyl (C=O) groups is 1. The number of rotatable bonds is 7. The molecule has 1 N–H and O–H groups in total. The van der Waals surface area contributed by atoms with Crippen molar-refractivity contribution in [3.8, 4) is 5.75 Å². The molecule has 0 aromatic heterocycles. The second-order valence-corrected chi connectivity index (χ2v) is 5.32. The fourth-order valence-electron chi connectivity index (χ4n) is 2.28. The van der Waals surface area contributed by atoms with E-state index < -0.39 is 0 Å². The van der Waals surface area contributed by atoms with Gasteiger partial charge in [0.2, 0.25) is 0 Å². The van der Waals surface area contributed by atoms with Gasteiger partial charge in [-0.2, -0.15) is 0 Å². The first-order valence-electron chi connectivity index (χ1n) is 7.66. The van der Waals surface area contributed by atoms with Crippen LogP contribution in [-0.2, 0) is 6.42 Å². The van der Waals surface area contributed by atoms with E-state index in [0.717, 1.165) is 12.0 Å². The van der Waals surface area contributed by atoms with Crippen molar-refractivity contribution in [3.63, 3.8) is 0 Å². The highest BCUT2D eigenvalue weighted by atomic mass is 16.5. The predicted molar refractivity (Wildman–Crippen MR) is 87.5 cm³/mol. The maximum atomic E-state index is 12.7.